The van der Waals surface area contributed by atoms with Gasteiger partial charge in [0.2, 0.25) is 5.91 Å². The number of amides is 1. The minimum atomic E-state index is 0.0350. The zero-order valence-corrected chi connectivity index (χ0v) is 12.1. The van der Waals surface area contributed by atoms with Crippen LogP contribution in [0.1, 0.15) is 27.2 Å². The Labute approximate surface area is 116 Å². The Hall–Kier alpha value is -1.55. The average Bonchev–Trinajstić information content (AvgIpc) is 2.34. The van der Waals surface area contributed by atoms with Crippen molar-refractivity contribution in [1.29, 1.82) is 0 Å². The summed E-state index contributed by atoms with van der Waals surface area (Å²) >= 11 is 0. The molecule has 19 heavy (non-hydrogen) atoms. The molecule has 1 aromatic carbocycles. The first-order valence-corrected chi connectivity index (χ1v) is 6.89. The molecule has 0 fully saturated rings. The van der Waals surface area contributed by atoms with Crippen molar-refractivity contribution >= 4 is 17.3 Å². The summed E-state index contributed by atoms with van der Waals surface area (Å²) in [5, 5.41) is 2.87. The molecule has 106 valence electrons. The lowest BCUT2D eigenvalue weighted by Gasteiger charge is -2.22. The van der Waals surface area contributed by atoms with E-state index in [1.807, 2.05) is 12.1 Å². The number of nitrogens with zero attached hydrogens (tertiary/aromatic N) is 1. The smallest absolute Gasteiger partial charge is 0.225 e. The number of carbonyl (C=O) groups excluding carboxylic acids is 1. The molecule has 4 nitrogen and oxygen atoms in total. The number of hydrogen-bond acceptors (Lipinski definition) is 3. The van der Waals surface area contributed by atoms with E-state index in [0.29, 0.717) is 18.0 Å². The van der Waals surface area contributed by atoms with Gasteiger partial charge in [-0.2, -0.15) is 0 Å². The number of anilines is 2. The van der Waals surface area contributed by atoms with Gasteiger partial charge in [0.15, 0.2) is 0 Å². The second-order valence-corrected chi connectivity index (χ2v) is 5.21. The molecule has 1 rings (SSSR count). The highest BCUT2D eigenvalue weighted by Crippen LogP contribution is 2.12. The molecule has 0 radical (unpaired) electrons. The van der Waals surface area contributed by atoms with Gasteiger partial charge in [-0.3, -0.25) is 4.79 Å². The Bertz CT molecular complexity index is 404. The molecule has 0 aliphatic heterocycles. The van der Waals surface area contributed by atoms with Gasteiger partial charge in [0.05, 0.1) is 0 Å². The van der Waals surface area contributed by atoms with Gasteiger partial charge in [-0.15, -0.1) is 0 Å². The minimum absolute atomic E-state index is 0.0350. The molecule has 1 amide bonds. The molecule has 0 saturated heterocycles. The molecule has 0 aliphatic carbocycles. The van der Waals surface area contributed by atoms with Crippen LogP contribution in [0.15, 0.2) is 24.3 Å². The van der Waals surface area contributed by atoms with E-state index in [9.17, 15) is 4.79 Å². The molecule has 0 aromatic heterocycles. The fraction of sp³-hybridized carbons (Fsp3) is 0.533. The quantitative estimate of drug-likeness (QED) is 0.743. The van der Waals surface area contributed by atoms with Crippen molar-refractivity contribution in [2.45, 2.75) is 27.2 Å². The normalized spacial score (nSPS) is 11.0. The summed E-state index contributed by atoms with van der Waals surface area (Å²) in [6, 6.07) is 7.25. The van der Waals surface area contributed by atoms with Crippen LogP contribution < -0.4 is 11.1 Å². The highest BCUT2D eigenvalue weighted by molar-refractivity contribution is 5.91. The lowest BCUT2D eigenvalue weighted by atomic mass is 10.2. The SMILES string of the molecule is CCN(CCC(=O)Nc1cccc(N)c1)CC(C)C. The van der Waals surface area contributed by atoms with Gasteiger partial charge in [0.25, 0.3) is 0 Å². The number of nitrogen functional groups attached to an aromatic ring is 1. The lowest BCUT2D eigenvalue weighted by molar-refractivity contribution is -0.116. The van der Waals surface area contributed by atoms with Gasteiger partial charge in [-0.1, -0.05) is 26.8 Å². The van der Waals surface area contributed by atoms with Crippen LogP contribution in [0.2, 0.25) is 0 Å². The van der Waals surface area contributed by atoms with E-state index in [1.165, 1.54) is 0 Å². The van der Waals surface area contributed by atoms with E-state index in [-0.39, 0.29) is 5.91 Å². The third-order valence-corrected chi connectivity index (χ3v) is 2.90. The first kappa shape index (κ1) is 15.5. The third-order valence-electron chi connectivity index (χ3n) is 2.90. The second kappa shape index (κ2) is 7.79. The summed E-state index contributed by atoms with van der Waals surface area (Å²) in [5.74, 6) is 0.657. The van der Waals surface area contributed by atoms with Crippen LogP contribution in [0.3, 0.4) is 0 Å². The average molecular weight is 263 g/mol. The van der Waals surface area contributed by atoms with E-state index in [0.717, 1.165) is 25.3 Å². The first-order chi connectivity index (χ1) is 9.01. The topological polar surface area (TPSA) is 58.4 Å². The standard InChI is InChI=1S/C15H25N3O/c1-4-18(11-12(2)3)9-8-15(19)17-14-7-5-6-13(16)10-14/h5-7,10,12H,4,8-9,11,16H2,1-3H3,(H,17,19). The summed E-state index contributed by atoms with van der Waals surface area (Å²) in [7, 11) is 0. The molecule has 1 aromatic rings. The molecule has 0 unspecified atom stereocenters. The molecule has 0 heterocycles. The zero-order valence-electron chi connectivity index (χ0n) is 12.1. The summed E-state index contributed by atoms with van der Waals surface area (Å²) < 4.78 is 0. The van der Waals surface area contributed by atoms with Crippen molar-refractivity contribution in [2.75, 3.05) is 30.7 Å². The number of rotatable bonds is 7. The van der Waals surface area contributed by atoms with E-state index < -0.39 is 0 Å². The largest absolute Gasteiger partial charge is 0.399 e. The summed E-state index contributed by atoms with van der Waals surface area (Å²) in [5.41, 5.74) is 7.09. The van der Waals surface area contributed by atoms with Crippen LogP contribution >= 0.6 is 0 Å². The van der Waals surface area contributed by atoms with Crippen molar-refractivity contribution in [3.8, 4) is 0 Å². The fourth-order valence-corrected chi connectivity index (χ4v) is 1.99. The Morgan fingerprint density at radius 1 is 1.42 bits per heavy atom. The molecule has 0 bridgehead atoms. The predicted molar refractivity (Wildman–Crippen MR) is 81.1 cm³/mol. The van der Waals surface area contributed by atoms with E-state index >= 15 is 0 Å². The number of benzene rings is 1. The molecule has 0 saturated carbocycles. The van der Waals surface area contributed by atoms with Crippen molar-refractivity contribution in [1.82, 2.24) is 4.90 Å². The maximum atomic E-state index is 11.9. The molecule has 0 spiro atoms. The molecule has 3 N–H and O–H groups in total. The summed E-state index contributed by atoms with van der Waals surface area (Å²) in [6.45, 7) is 9.30. The zero-order chi connectivity index (χ0) is 14.3. The van der Waals surface area contributed by atoms with Crippen molar-refractivity contribution < 1.29 is 4.79 Å². The highest BCUT2D eigenvalue weighted by Gasteiger charge is 2.08. The Morgan fingerprint density at radius 2 is 2.16 bits per heavy atom. The van der Waals surface area contributed by atoms with Gasteiger partial charge in [-0.05, 0) is 30.7 Å². The number of hydrogen-bond donors (Lipinski definition) is 2. The van der Waals surface area contributed by atoms with Crippen LogP contribution in [0.25, 0.3) is 0 Å². The third kappa shape index (κ3) is 6.25. The predicted octanol–water partition coefficient (Wildman–Crippen LogP) is 2.58. The fourth-order valence-electron chi connectivity index (χ4n) is 1.99. The Balaban J connectivity index is 2.38. The van der Waals surface area contributed by atoms with E-state index in [1.54, 1.807) is 12.1 Å². The van der Waals surface area contributed by atoms with Gasteiger partial charge in [-0.25, -0.2) is 0 Å². The van der Waals surface area contributed by atoms with Crippen molar-refractivity contribution in [2.24, 2.45) is 5.92 Å². The van der Waals surface area contributed by atoms with Crippen LogP contribution in [0.5, 0.6) is 0 Å². The van der Waals surface area contributed by atoms with Gasteiger partial charge in [0.1, 0.15) is 0 Å². The van der Waals surface area contributed by atoms with Crippen molar-refractivity contribution in [3.05, 3.63) is 24.3 Å². The molecular formula is C15H25N3O. The Kier molecular flexibility index (Phi) is 6.36. The van der Waals surface area contributed by atoms with Gasteiger partial charge in [0, 0.05) is 30.9 Å². The van der Waals surface area contributed by atoms with Crippen molar-refractivity contribution in [3.63, 3.8) is 0 Å². The van der Waals surface area contributed by atoms with Crippen LogP contribution in [-0.2, 0) is 4.79 Å². The molecule has 4 heteroatoms. The maximum Gasteiger partial charge on any atom is 0.225 e. The van der Waals surface area contributed by atoms with Crippen LogP contribution in [-0.4, -0.2) is 30.4 Å². The molecular weight excluding hydrogens is 238 g/mol. The number of carbonyl (C=O) groups is 1. The maximum absolute atomic E-state index is 11.9. The van der Waals surface area contributed by atoms with Crippen LogP contribution in [0.4, 0.5) is 11.4 Å². The monoisotopic (exact) mass is 263 g/mol. The minimum Gasteiger partial charge on any atom is -0.399 e. The molecule has 0 atom stereocenters. The summed E-state index contributed by atoms with van der Waals surface area (Å²) in [6.07, 6.45) is 0.509. The van der Waals surface area contributed by atoms with Crippen LogP contribution in [0, 0.1) is 5.92 Å². The number of nitrogens with two attached hydrogens (primary N) is 1. The summed E-state index contributed by atoms with van der Waals surface area (Å²) in [4.78, 5) is 14.1. The number of nitrogens with one attached hydrogen (secondary N) is 1. The molecule has 0 aliphatic rings. The second-order valence-electron chi connectivity index (χ2n) is 5.21. The lowest BCUT2D eigenvalue weighted by Crippen LogP contribution is -2.31. The van der Waals surface area contributed by atoms with E-state index in [2.05, 4.69) is 31.0 Å². The van der Waals surface area contributed by atoms with E-state index in [4.69, 9.17) is 5.73 Å². The highest BCUT2D eigenvalue weighted by atomic mass is 16.1. The first-order valence-electron chi connectivity index (χ1n) is 6.89. The van der Waals surface area contributed by atoms with Gasteiger partial charge >= 0.3 is 0 Å². The van der Waals surface area contributed by atoms with Gasteiger partial charge < -0.3 is 16.0 Å². The Morgan fingerprint density at radius 3 is 2.74 bits per heavy atom.